The van der Waals surface area contributed by atoms with Gasteiger partial charge in [0.1, 0.15) is 5.82 Å². The lowest BCUT2D eigenvalue weighted by atomic mass is 10.1. The van der Waals surface area contributed by atoms with Crippen molar-refractivity contribution in [3.63, 3.8) is 0 Å². The Morgan fingerprint density at radius 1 is 1.25 bits per heavy atom. The van der Waals surface area contributed by atoms with E-state index in [1.165, 1.54) is 12.1 Å². The average Bonchev–Trinajstić information content (AvgIpc) is 2.80. The number of aromatic nitrogens is 2. The molecule has 5 heteroatoms. The first-order valence-corrected chi connectivity index (χ1v) is 6.13. The third-order valence-electron chi connectivity index (χ3n) is 3.01. The molecule has 4 nitrogen and oxygen atoms in total. The number of halogens is 1. The Hall–Kier alpha value is -2.69. The number of carbonyl (C=O) groups is 1. The van der Waals surface area contributed by atoms with E-state index in [9.17, 15) is 9.18 Å². The molecule has 0 saturated heterocycles. The molecular formula is C15H12FN3O. The van der Waals surface area contributed by atoms with Gasteiger partial charge in [0.15, 0.2) is 0 Å². The van der Waals surface area contributed by atoms with Crippen LogP contribution >= 0.6 is 0 Å². The molecule has 100 valence electrons. The third-order valence-corrected chi connectivity index (χ3v) is 3.01. The average molecular weight is 269 g/mol. The van der Waals surface area contributed by atoms with Gasteiger partial charge in [0.2, 0.25) is 0 Å². The number of fused-ring (bicyclic) bond motifs is 1. The van der Waals surface area contributed by atoms with E-state index in [0.717, 1.165) is 10.9 Å². The SMILES string of the molecule is Cn1cc2ccc(C(=O)Nc3ccccc3F)cc2n1. The number of carbonyl (C=O) groups excluding carboxylic acids is 1. The van der Waals surface area contributed by atoms with Crippen molar-refractivity contribution in [2.75, 3.05) is 5.32 Å². The van der Waals surface area contributed by atoms with E-state index < -0.39 is 5.82 Å². The summed E-state index contributed by atoms with van der Waals surface area (Å²) in [4.78, 5) is 12.1. The van der Waals surface area contributed by atoms with E-state index in [2.05, 4.69) is 10.4 Å². The van der Waals surface area contributed by atoms with Crippen LogP contribution in [0.5, 0.6) is 0 Å². The Bertz CT molecular complexity index is 795. The zero-order valence-corrected chi connectivity index (χ0v) is 10.8. The molecule has 0 atom stereocenters. The highest BCUT2D eigenvalue weighted by atomic mass is 19.1. The molecule has 1 amide bonds. The van der Waals surface area contributed by atoms with E-state index in [0.29, 0.717) is 5.56 Å². The number of nitrogens with zero attached hydrogens (tertiary/aromatic N) is 2. The number of benzene rings is 2. The van der Waals surface area contributed by atoms with Crippen molar-refractivity contribution in [3.8, 4) is 0 Å². The van der Waals surface area contributed by atoms with Crippen LogP contribution in [0.2, 0.25) is 0 Å². The fourth-order valence-electron chi connectivity index (χ4n) is 2.04. The fraction of sp³-hybridized carbons (Fsp3) is 0.0667. The minimum atomic E-state index is -0.459. The van der Waals surface area contributed by atoms with Gasteiger partial charge >= 0.3 is 0 Å². The zero-order chi connectivity index (χ0) is 14.1. The van der Waals surface area contributed by atoms with Crippen molar-refractivity contribution in [2.24, 2.45) is 7.05 Å². The lowest BCUT2D eigenvalue weighted by molar-refractivity contribution is 0.102. The molecule has 1 N–H and O–H groups in total. The topological polar surface area (TPSA) is 46.9 Å². The highest BCUT2D eigenvalue weighted by Gasteiger charge is 2.10. The van der Waals surface area contributed by atoms with E-state index in [-0.39, 0.29) is 11.6 Å². The van der Waals surface area contributed by atoms with Crippen molar-refractivity contribution in [1.29, 1.82) is 0 Å². The maximum Gasteiger partial charge on any atom is 0.255 e. The summed E-state index contributed by atoms with van der Waals surface area (Å²) in [6, 6.07) is 11.3. The highest BCUT2D eigenvalue weighted by Crippen LogP contribution is 2.17. The van der Waals surface area contributed by atoms with Crippen molar-refractivity contribution >= 4 is 22.5 Å². The Morgan fingerprint density at radius 3 is 2.85 bits per heavy atom. The summed E-state index contributed by atoms with van der Waals surface area (Å²) in [5.74, 6) is -0.817. The molecule has 0 unspecified atom stereocenters. The first kappa shape index (κ1) is 12.3. The quantitative estimate of drug-likeness (QED) is 0.777. The van der Waals surface area contributed by atoms with Crippen molar-refractivity contribution < 1.29 is 9.18 Å². The number of aryl methyl sites for hydroxylation is 1. The van der Waals surface area contributed by atoms with Crippen LogP contribution in [0.1, 0.15) is 10.4 Å². The third kappa shape index (κ3) is 2.25. The van der Waals surface area contributed by atoms with Gasteiger partial charge < -0.3 is 5.32 Å². The van der Waals surface area contributed by atoms with Gasteiger partial charge in [-0.1, -0.05) is 18.2 Å². The number of nitrogens with one attached hydrogen (secondary N) is 1. The minimum Gasteiger partial charge on any atom is -0.319 e. The number of rotatable bonds is 2. The van der Waals surface area contributed by atoms with Crippen LogP contribution in [0, 0.1) is 5.82 Å². The molecule has 0 aliphatic heterocycles. The Balaban J connectivity index is 1.90. The second kappa shape index (κ2) is 4.77. The highest BCUT2D eigenvalue weighted by molar-refractivity contribution is 6.06. The van der Waals surface area contributed by atoms with Crippen LogP contribution in [-0.4, -0.2) is 15.7 Å². The smallest absolute Gasteiger partial charge is 0.255 e. The molecular weight excluding hydrogens is 257 g/mol. The van der Waals surface area contributed by atoms with Gasteiger partial charge in [0.25, 0.3) is 5.91 Å². The fourth-order valence-corrected chi connectivity index (χ4v) is 2.04. The summed E-state index contributed by atoms with van der Waals surface area (Å²) in [6.07, 6.45) is 1.87. The first-order valence-electron chi connectivity index (χ1n) is 6.13. The van der Waals surface area contributed by atoms with Gasteiger partial charge in [-0.3, -0.25) is 9.48 Å². The van der Waals surface area contributed by atoms with E-state index in [1.807, 2.05) is 19.3 Å². The van der Waals surface area contributed by atoms with Crippen molar-refractivity contribution in [3.05, 3.63) is 60.0 Å². The molecule has 0 radical (unpaired) electrons. The summed E-state index contributed by atoms with van der Waals surface area (Å²) in [5.41, 5.74) is 1.34. The predicted octanol–water partition coefficient (Wildman–Crippen LogP) is 2.96. The zero-order valence-electron chi connectivity index (χ0n) is 10.8. The molecule has 1 aromatic heterocycles. The Kier molecular flexibility index (Phi) is 2.95. The lowest BCUT2D eigenvalue weighted by Crippen LogP contribution is -2.12. The first-order chi connectivity index (χ1) is 9.63. The molecule has 3 aromatic rings. The Labute approximate surface area is 114 Å². The molecule has 3 rings (SSSR count). The standard InChI is InChI=1S/C15H12FN3O/c1-19-9-11-7-6-10(8-14(11)18-19)15(20)17-13-5-3-2-4-12(13)16/h2-9H,1H3,(H,17,20). The summed E-state index contributed by atoms with van der Waals surface area (Å²) in [7, 11) is 1.82. The molecule has 0 bridgehead atoms. The summed E-state index contributed by atoms with van der Waals surface area (Å²) < 4.78 is 15.2. The molecule has 0 spiro atoms. The molecule has 0 saturated carbocycles. The van der Waals surface area contributed by atoms with Crippen LogP contribution in [0.15, 0.2) is 48.7 Å². The second-order valence-electron chi connectivity index (χ2n) is 4.51. The van der Waals surface area contributed by atoms with Crippen molar-refractivity contribution in [2.45, 2.75) is 0 Å². The molecule has 1 heterocycles. The minimum absolute atomic E-state index is 0.165. The largest absolute Gasteiger partial charge is 0.319 e. The molecule has 0 aliphatic carbocycles. The van der Waals surface area contributed by atoms with Crippen LogP contribution in [0.25, 0.3) is 10.9 Å². The van der Waals surface area contributed by atoms with Crippen LogP contribution in [-0.2, 0) is 7.05 Å². The van der Waals surface area contributed by atoms with Crippen LogP contribution < -0.4 is 5.32 Å². The molecule has 0 fully saturated rings. The van der Waals surface area contributed by atoms with Gasteiger partial charge in [0.05, 0.1) is 11.2 Å². The van der Waals surface area contributed by atoms with E-state index in [4.69, 9.17) is 0 Å². The van der Waals surface area contributed by atoms with Crippen LogP contribution in [0.4, 0.5) is 10.1 Å². The molecule has 20 heavy (non-hydrogen) atoms. The second-order valence-corrected chi connectivity index (χ2v) is 4.51. The number of hydrogen-bond acceptors (Lipinski definition) is 2. The Morgan fingerprint density at radius 2 is 2.05 bits per heavy atom. The molecule has 0 aliphatic rings. The maximum absolute atomic E-state index is 13.5. The maximum atomic E-state index is 13.5. The van der Waals surface area contributed by atoms with Gasteiger partial charge in [-0.25, -0.2) is 4.39 Å². The van der Waals surface area contributed by atoms with Crippen LogP contribution in [0.3, 0.4) is 0 Å². The van der Waals surface area contributed by atoms with Crippen molar-refractivity contribution in [1.82, 2.24) is 9.78 Å². The number of anilines is 1. The lowest BCUT2D eigenvalue weighted by Gasteiger charge is -2.06. The number of amides is 1. The number of para-hydroxylation sites is 1. The van der Waals surface area contributed by atoms with E-state index >= 15 is 0 Å². The monoisotopic (exact) mass is 269 g/mol. The van der Waals surface area contributed by atoms with Gasteiger partial charge in [-0.05, 0) is 24.3 Å². The van der Waals surface area contributed by atoms with Gasteiger partial charge in [-0.2, -0.15) is 5.10 Å². The summed E-state index contributed by atoms with van der Waals surface area (Å²) in [5, 5.41) is 7.75. The predicted molar refractivity (Wildman–Crippen MR) is 75.1 cm³/mol. The normalized spacial score (nSPS) is 10.7. The van der Waals surface area contributed by atoms with Gasteiger partial charge in [0, 0.05) is 24.2 Å². The van der Waals surface area contributed by atoms with Gasteiger partial charge in [-0.15, -0.1) is 0 Å². The number of hydrogen-bond donors (Lipinski definition) is 1. The summed E-state index contributed by atoms with van der Waals surface area (Å²) in [6.45, 7) is 0. The van der Waals surface area contributed by atoms with E-state index in [1.54, 1.807) is 28.9 Å². The summed E-state index contributed by atoms with van der Waals surface area (Å²) >= 11 is 0. The molecule has 2 aromatic carbocycles.